The highest BCUT2D eigenvalue weighted by Crippen LogP contribution is 2.68. The monoisotopic (exact) mass is 508 g/mol. The lowest BCUT2D eigenvalue weighted by Crippen LogP contribution is -2.62. The van der Waals surface area contributed by atoms with Crippen LogP contribution in [0.2, 0.25) is 0 Å². The molecule has 208 valence electrons. The zero-order valence-corrected chi connectivity index (χ0v) is 23.7. The normalized spacial score (nSPS) is 46.3. The first-order valence-electron chi connectivity index (χ1n) is 14.6. The van der Waals surface area contributed by atoms with Gasteiger partial charge in [-0.25, -0.2) is 0 Å². The summed E-state index contributed by atoms with van der Waals surface area (Å²) in [6, 6.07) is 0. The van der Waals surface area contributed by atoms with E-state index in [0.29, 0.717) is 30.1 Å². The van der Waals surface area contributed by atoms with Crippen LogP contribution >= 0.6 is 0 Å². The predicted molar refractivity (Wildman–Crippen MR) is 139 cm³/mol. The first-order valence-corrected chi connectivity index (χ1v) is 14.6. The summed E-state index contributed by atoms with van der Waals surface area (Å²) in [4.78, 5) is 12.5. The maximum atomic E-state index is 12.5. The van der Waals surface area contributed by atoms with E-state index in [1.807, 2.05) is 20.8 Å². The molecule has 6 nitrogen and oxygen atoms in total. The fourth-order valence-corrected chi connectivity index (χ4v) is 9.44. The van der Waals surface area contributed by atoms with Gasteiger partial charge in [0.1, 0.15) is 0 Å². The summed E-state index contributed by atoms with van der Waals surface area (Å²) in [5.41, 5.74) is -0.524. The summed E-state index contributed by atoms with van der Waals surface area (Å²) in [7, 11) is 0. The fraction of sp³-hybridized carbons (Fsp3) is 0.967. The van der Waals surface area contributed by atoms with Crippen molar-refractivity contribution in [2.24, 2.45) is 46.3 Å². The summed E-state index contributed by atoms with van der Waals surface area (Å²) in [6.07, 6.45) is 5.68. The molecule has 4 fully saturated rings. The van der Waals surface area contributed by atoms with Gasteiger partial charge in [0.2, 0.25) is 6.29 Å². The van der Waals surface area contributed by atoms with Gasteiger partial charge in [0.25, 0.3) is 0 Å². The van der Waals surface area contributed by atoms with E-state index in [-0.39, 0.29) is 46.4 Å². The molecule has 36 heavy (non-hydrogen) atoms. The van der Waals surface area contributed by atoms with Crippen LogP contribution < -0.4 is 0 Å². The number of carbonyl (C=O) groups excluding carboxylic acids is 1. The average molecular weight is 509 g/mol. The largest absolute Gasteiger partial charge is 0.436 e. The zero-order valence-electron chi connectivity index (χ0n) is 23.7. The Morgan fingerprint density at radius 1 is 1.00 bits per heavy atom. The number of aliphatic hydroxyl groups excluding tert-OH is 3. The molecule has 0 spiro atoms. The summed E-state index contributed by atoms with van der Waals surface area (Å²) in [6.45, 7) is 14.4. The molecule has 4 rings (SSSR count). The van der Waals surface area contributed by atoms with Gasteiger partial charge in [-0.2, -0.15) is 0 Å². The number of aliphatic hydroxyl groups is 3. The van der Waals surface area contributed by atoms with Crippen LogP contribution in [0, 0.1) is 46.3 Å². The van der Waals surface area contributed by atoms with Crippen molar-refractivity contribution < 1.29 is 29.6 Å². The van der Waals surface area contributed by atoms with Crippen LogP contribution in [0.25, 0.3) is 0 Å². The van der Waals surface area contributed by atoms with E-state index in [1.165, 1.54) is 0 Å². The molecule has 0 saturated heterocycles. The number of rotatable bonds is 6. The molecule has 6 heteroatoms. The van der Waals surface area contributed by atoms with Crippen molar-refractivity contribution in [3.63, 3.8) is 0 Å². The molecule has 4 aliphatic rings. The van der Waals surface area contributed by atoms with Crippen LogP contribution in [0.1, 0.15) is 106 Å². The fourth-order valence-electron chi connectivity index (χ4n) is 9.44. The number of fused-ring (bicyclic) bond motifs is 5. The number of esters is 1. The van der Waals surface area contributed by atoms with Gasteiger partial charge in [0.15, 0.2) is 0 Å². The topological polar surface area (TPSA) is 96.2 Å². The van der Waals surface area contributed by atoms with Crippen molar-refractivity contribution in [3.05, 3.63) is 0 Å². The second-order valence-electron chi connectivity index (χ2n) is 14.3. The number of hydrogen-bond acceptors (Lipinski definition) is 6. The molecular weight excluding hydrogens is 456 g/mol. The quantitative estimate of drug-likeness (QED) is 0.342. The second-order valence-corrected chi connectivity index (χ2v) is 14.3. The highest BCUT2D eigenvalue weighted by molar-refractivity contribution is 5.69. The Labute approximate surface area is 218 Å². The molecule has 4 saturated carbocycles. The van der Waals surface area contributed by atoms with Crippen LogP contribution in [0.15, 0.2) is 0 Å². The van der Waals surface area contributed by atoms with Crippen LogP contribution in [0.4, 0.5) is 0 Å². The molecule has 12 unspecified atom stereocenters. The molecule has 0 radical (unpaired) electrons. The Morgan fingerprint density at radius 2 is 1.69 bits per heavy atom. The molecule has 4 aliphatic carbocycles. The Kier molecular flexibility index (Phi) is 7.97. The standard InChI is InChI=1S/C30H52O6/c1-17(8-11-26(34)35-18(2)36-28(3,4)5)21-9-10-22-27-23(16-25(33)30(21,22)7)29(6)13-12-20(31)14-19(29)15-24(27)32/h17-25,27,31-33H,8-16H2,1-7H3. The van der Waals surface area contributed by atoms with Gasteiger partial charge in [-0.3, -0.25) is 4.79 Å². The van der Waals surface area contributed by atoms with Gasteiger partial charge in [-0.1, -0.05) is 20.8 Å². The van der Waals surface area contributed by atoms with Crippen molar-refractivity contribution in [3.8, 4) is 0 Å². The van der Waals surface area contributed by atoms with Crippen molar-refractivity contribution in [1.29, 1.82) is 0 Å². The third-order valence-electron chi connectivity index (χ3n) is 11.1. The van der Waals surface area contributed by atoms with Crippen molar-refractivity contribution in [1.82, 2.24) is 0 Å². The summed E-state index contributed by atoms with van der Waals surface area (Å²) >= 11 is 0. The van der Waals surface area contributed by atoms with E-state index >= 15 is 0 Å². The van der Waals surface area contributed by atoms with E-state index in [4.69, 9.17) is 9.47 Å². The van der Waals surface area contributed by atoms with Crippen LogP contribution in [0.5, 0.6) is 0 Å². The zero-order chi connectivity index (χ0) is 26.6. The molecule has 0 bridgehead atoms. The van der Waals surface area contributed by atoms with E-state index in [9.17, 15) is 20.1 Å². The first kappa shape index (κ1) is 28.3. The minimum atomic E-state index is -0.572. The van der Waals surface area contributed by atoms with Gasteiger partial charge in [-0.05, 0) is 125 Å². The minimum Gasteiger partial charge on any atom is -0.436 e. The van der Waals surface area contributed by atoms with E-state index in [1.54, 1.807) is 6.92 Å². The summed E-state index contributed by atoms with van der Waals surface area (Å²) < 4.78 is 11.2. The minimum absolute atomic E-state index is 0.0880. The smallest absolute Gasteiger partial charge is 0.308 e. The maximum absolute atomic E-state index is 12.5. The molecule has 0 aliphatic heterocycles. The molecule has 0 amide bonds. The van der Waals surface area contributed by atoms with Gasteiger partial charge in [0, 0.05) is 6.42 Å². The SMILES string of the molecule is CC(OC(=O)CCC(C)C1CCC2C3C(O)CC4CC(O)CCC4(C)C3CC(O)C12C)OC(C)(C)C. The van der Waals surface area contributed by atoms with E-state index < -0.39 is 12.4 Å². The molecule has 12 atom stereocenters. The lowest BCUT2D eigenvalue weighted by Gasteiger charge is -2.63. The molecule has 0 aromatic rings. The van der Waals surface area contributed by atoms with Crippen molar-refractivity contribution in [2.75, 3.05) is 0 Å². The van der Waals surface area contributed by atoms with Crippen LogP contribution in [0.3, 0.4) is 0 Å². The molecule has 0 aromatic heterocycles. The Balaban J connectivity index is 1.43. The third kappa shape index (κ3) is 5.13. The number of ether oxygens (including phenoxy) is 2. The van der Waals surface area contributed by atoms with Gasteiger partial charge >= 0.3 is 5.97 Å². The predicted octanol–water partition coefficient (Wildman–Crippen LogP) is 5.07. The molecule has 3 N–H and O–H groups in total. The lowest BCUT2D eigenvalue weighted by atomic mass is 9.43. The highest BCUT2D eigenvalue weighted by atomic mass is 16.7. The average Bonchev–Trinajstić information content (AvgIpc) is 3.11. The maximum Gasteiger partial charge on any atom is 0.308 e. The Morgan fingerprint density at radius 3 is 2.36 bits per heavy atom. The second kappa shape index (κ2) is 10.1. The lowest BCUT2D eigenvalue weighted by molar-refractivity contribution is -0.207. The third-order valence-corrected chi connectivity index (χ3v) is 11.1. The summed E-state index contributed by atoms with van der Waals surface area (Å²) in [5.74, 6) is 1.52. The van der Waals surface area contributed by atoms with Gasteiger partial charge in [0.05, 0.1) is 23.9 Å². The van der Waals surface area contributed by atoms with E-state index in [0.717, 1.165) is 51.4 Å². The van der Waals surface area contributed by atoms with Gasteiger partial charge in [-0.15, -0.1) is 0 Å². The Hall–Kier alpha value is -0.690. The van der Waals surface area contributed by atoms with E-state index in [2.05, 4.69) is 20.8 Å². The van der Waals surface area contributed by atoms with Gasteiger partial charge < -0.3 is 24.8 Å². The molecular formula is C30H52O6. The Bertz CT molecular complexity index is 793. The van der Waals surface area contributed by atoms with Crippen molar-refractivity contribution >= 4 is 5.97 Å². The van der Waals surface area contributed by atoms with Crippen molar-refractivity contribution in [2.45, 2.75) is 136 Å². The molecule has 0 heterocycles. The first-order chi connectivity index (χ1) is 16.7. The van der Waals surface area contributed by atoms with Crippen LogP contribution in [-0.4, -0.2) is 51.5 Å². The number of hydrogen-bond donors (Lipinski definition) is 3. The highest BCUT2D eigenvalue weighted by Gasteiger charge is 2.65. The molecule has 0 aromatic carbocycles. The summed E-state index contributed by atoms with van der Waals surface area (Å²) in [5, 5.41) is 33.4. The number of carbonyl (C=O) groups is 1. The van der Waals surface area contributed by atoms with Crippen LogP contribution in [-0.2, 0) is 14.3 Å².